The van der Waals surface area contributed by atoms with Crippen molar-refractivity contribution in [2.75, 3.05) is 5.43 Å². The Kier molecular flexibility index (Phi) is 4.89. The molecule has 1 amide bonds. The average Bonchev–Trinajstić information content (AvgIpc) is 2.89. The van der Waals surface area contributed by atoms with Crippen LogP contribution in [0.1, 0.15) is 15.2 Å². The smallest absolute Gasteiger partial charge is 0.294 e. The Bertz CT molecular complexity index is 689. The van der Waals surface area contributed by atoms with Crippen LogP contribution in [0.15, 0.2) is 34.1 Å². The normalized spacial score (nSPS) is 10.2. The molecule has 0 atom stereocenters. The molecule has 0 aliphatic heterocycles. The van der Waals surface area contributed by atoms with Gasteiger partial charge in [-0.2, -0.15) is 0 Å². The molecule has 0 bridgehead atoms. The van der Waals surface area contributed by atoms with Crippen LogP contribution in [-0.4, -0.2) is 10.8 Å². The first kappa shape index (κ1) is 15.4. The van der Waals surface area contributed by atoms with E-state index in [1.54, 1.807) is 0 Å². The number of benzene rings is 1. The van der Waals surface area contributed by atoms with Gasteiger partial charge in [-0.05, 0) is 40.2 Å². The van der Waals surface area contributed by atoms with Gasteiger partial charge < -0.3 is 10.7 Å². The topological polar surface area (TPSA) is 110 Å². The molecular weight excluding hydrogens is 360 g/mol. The highest BCUT2D eigenvalue weighted by Gasteiger charge is 2.17. The molecule has 21 heavy (non-hydrogen) atoms. The van der Waals surface area contributed by atoms with Gasteiger partial charge in [0.15, 0.2) is 0 Å². The number of nitro groups is 1. The summed E-state index contributed by atoms with van der Waals surface area (Å²) in [6, 6.07) is 7.84. The summed E-state index contributed by atoms with van der Waals surface area (Å²) in [7, 11) is 0. The third-order valence-corrected chi connectivity index (χ3v) is 4.29. The van der Waals surface area contributed by atoms with Gasteiger partial charge in [0.2, 0.25) is 0 Å². The number of nitrogens with two attached hydrogens (primary N) is 1. The van der Waals surface area contributed by atoms with E-state index < -0.39 is 4.92 Å². The maximum absolute atomic E-state index is 12.0. The fourth-order valence-corrected chi connectivity index (χ4v) is 3.09. The fraction of sp³-hybridized carbons (Fsp3) is 0.0833. The number of hydrogen-bond donors (Lipinski definition) is 3. The largest absolute Gasteiger partial charge is 0.347 e. The molecular formula is C12H11BrN4O3S. The van der Waals surface area contributed by atoms with Gasteiger partial charge in [0, 0.05) is 16.5 Å². The number of carbonyl (C=O) groups excluding carboxylic acids is 1. The van der Waals surface area contributed by atoms with Crippen LogP contribution in [0.25, 0.3) is 0 Å². The molecule has 4 N–H and O–H groups in total. The molecule has 0 radical (unpaired) electrons. The first-order valence-electron chi connectivity index (χ1n) is 5.78. The third-order valence-electron chi connectivity index (χ3n) is 2.66. The van der Waals surface area contributed by atoms with Crippen LogP contribution in [0.3, 0.4) is 0 Å². The van der Waals surface area contributed by atoms with E-state index in [0.717, 1.165) is 8.66 Å². The maximum atomic E-state index is 12.0. The van der Waals surface area contributed by atoms with E-state index in [-0.39, 0.29) is 22.8 Å². The van der Waals surface area contributed by atoms with Crippen molar-refractivity contribution in [1.82, 2.24) is 5.32 Å². The van der Waals surface area contributed by atoms with Crippen molar-refractivity contribution >= 4 is 44.5 Å². The molecule has 1 aromatic heterocycles. The van der Waals surface area contributed by atoms with E-state index in [2.05, 4.69) is 26.7 Å². The van der Waals surface area contributed by atoms with Crippen LogP contribution in [0.2, 0.25) is 0 Å². The summed E-state index contributed by atoms with van der Waals surface area (Å²) in [5.41, 5.74) is 2.34. The lowest BCUT2D eigenvalue weighted by Gasteiger charge is -2.06. The van der Waals surface area contributed by atoms with Gasteiger partial charge in [-0.3, -0.25) is 20.8 Å². The first-order chi connectivity index (χ1) is 10.0. The number of hydrazine groups is 1. The molecule has 0 aliphatic rings. The van der Waals surface area contributed by atoms with Crippen molar-refractivity contribution in [3.8, 4) is 0 Å². The van der Waals surface area contributed by atoms with Crippen molar-refractivity contribution in [2.24, 2.45) is 5.84 Å². The number of nitro benzene ring substituents is 1. The zero-order chi connectivity index (χ0) is 15.4. The number of rotatable bonds is 5. The van der Waals surface area contributed by atoms with Crippen LogP contribution in [0, 0.1) is 10.1 Å². The molecule has 1 heterocycles. The Morgan fingerprint density at radius 1 is 1.38 bits per heavy atom. The molecule has 0 unspecified atom stereocenters. The van der Waals surface area contributed by atoms with Crippen LogP contribution in [0.4, 0.5) is 11.4 Å². The van der Waals surface area contributed by atoms with Gasteiger partial charge >= 0.3 is 0 Å². The highest BCUT2D eigenvalue weighted by atomic mass is 79.9. The summed E-state index contributed by atoms with van der Waals surface area (Å²) >= 11 is 4.84. The van der Waals surface area contributed by atoms with Crippen LogP contribution < -0.4 is 16.6 Å². The van der Waals surface area contributed by atoms with Crippen LogP contribution in [-0.2, 0) is 6.54 Å². The molecule has 0 aliphatic carbocycles. The molecule has 0 spiro atoms. The highest BCUT2D eigenvalue weighted by Crippen LogP contribution is 2.25. The average molecular weight is 371 g/mol. The van der Waals surface area contributed by atoms with Crippen molar-refractivity contribution in [3.63, 3.8) is 0 Å². The number of hydrogen-bond acceptors (Lipinski definition) is 6. The Labute approximate surface area is 132 Å². The summed E-state index contributed by atoms with van der Waals surface area (Å²) in [4.78, 5) is 23.3. The maximum Gasteiger partial charge on any atom is 0.294 e. The monoisotopic (exact) mass is 370 g/mol. The van der Waals surface area contributed by atoms with Gasteiger partial charge in [-0.15, -0.1) is 11.3 Å². The van der Waals surface area contributed by atoms with E-state index in [9.17, 15) is 14.9 Å². The van der Waals surface area contributed by atoms with Crippen LogP contribution in [0.5, 0.6) is 0 Å². The molecule has 7 nitrogen and oxygen atoms in total. The van der Waals surface area contributed by atoms with Gasteiger partial charge in [-0.25, -0.2) is 0 Å². The first-order valence-corrected chi connectivity index (χ1v) is 7.39. The lowest BCUT2D eigenvalue weighted by Crippen LogP contribution is -2.22. The SMILES string of the molecule is NNc1ccc(C(=O)NCc2ccc(Br)s2)cc1[N+](=O)[O-]. The van der Waals surface area contributed by atoms with E-state index in [1.165, 1.54) is 29.5 Å². The van der Waals surface area contributed by atoms with Gasteiger partial charge in [0.25, 0.3) is 11.6 Å². The quantitative estimate of drug-likeness (QED) is 0.425. The number of halogens is 1. The summed E-state index contributed by atoms with van der Waals surface area (Å²) in [6.07, 6.45) is 0. The Hall–Kier alpha value is -1.97. The number of nitrogens with zero attached hydrogens (tertiary/aromatic N) is 1. The summed E-state index contributed by atoms with van der Waals surface area (Å²) in [5, 5.41) is 13.6. The van der Waals surface area contributed by atoms with Crippen molar-refractivity contribution in [3.05, 3.63) is 54.7 Å². The van der Waals surface area contributed by atoms with E-state index in [4.69, 9.17) is 5.84 Å². The Balaban J connectivity index is 2.12. The minimum atomic E-state index is -0.595. The second-order valence-electron chi connectivity index (χ2n) is 4.02. The number of nitrogen functional groups attached to an aromatic ring is 1. The number of amides is 1. The number of nitrogens with one attached hydrogen (secondary N) is 2. The van der Waals surface area contributed by atoms with Gasteiger partial charge in [0.05, 0.1) is 15.3 Å². The summed E-state index contributed by atoms with van der Waals surface area (Å²) in [6.45, 7) is 0.361. The Morgan fingerprint density at radius 2 is 2.14 bits per heavy atom. The third kappa shape index (κ3) is 3.78. The molecule has 2 rings (SSSR count). The molecule has 2 aromatic rings. The van der Waals surface area contributed by atoms with Crippen molar-refractivity contribution in [2.45, 2.75) is 6.54 Å². The predicted molar refractivity (Wildman–Crippen MR) is 84.1 cm³/mol. The van der Waals surface area contributed by atoms with Crippen molar-refractivity contribution < 1.29 is 9.72 Å². The minimum absolute atomic E-state index is 0.152. The molecule has 0 saturated heterocycles. The van der Waals surface area contributed by atoms with Crippen LogP contribution >= 0.6 is 27.3 Å². The second-order valence-corrected chi connectivity index (χ2v) is 6.57. The summed E-state index contributed by atoms with van der Waals surface area (Å²) in [5.74, 6) is 4.81. The minimum Gasteiger partial charge on any atom is -0.347 e. The number of thiophene rings is 1. The zero-order valence-corrected chi connectivity index (χ0v) is 13.0. The van der Waals surface area contributed by atoms with Crippen molar-refractivity contribution in [1.29, 1.82) is 0 Å². The van der Waals surface area contributed by atoms with Gasteiger partial charge in [0.1, 0.15) is 5.69 Å². The highest BCUT2D eigenvalue weighted by molar-refractivity contribution is 9.11. The Morgan fingerprint density at radius 3 is 2.71 bits per heavy atom. The van der Waals surface area contributed by atoms with E-state index >= 15 is 0 Å². The fourth-order valence-electron chi connectivity index (χ4n) is 1.66. The zero-order valence-electron chi connectivity index (χ0n) is 10.6. The molecule has 110 valence electrons. The number of anilines is 1. The lowest BCUT2D eigenvalue weighted by molar-refractivity contribution is -0.384. The molecule has 0 saturated carbocycles. The van der Waals surface area contributed by atoms with E-state index in [1.807, 2.05) is 12.1 Å². The standard InChI is InChI=1S/C12H11BrN4O3S/c13-11-4-2-8(21-11)6-15-12(18)7-1-3-9(16-14)10(5-7)17(19)20/h1-5,16H,6,14H2,(H,15,18). The predicted octanol–water partition coefficient (Wildman–Crippen LogP) is 2.63. The molecule has 1 aromatic carbocycles. The molecule has 0 fully saturated rings. The lowest BCUT2D eigenvalue weighted by atomic mass is 10.1. The second kappa shape index (κ2) is 6.66. The van der Waals surface area contributed by atoms with E-state index in [0.29, 0.717) is 6.54 Å². The number of carbonyl (C=O) groups is 1. The molecule has 9 heteroatoms. The summed E-state index contributed by atoms with van der Waals surface area (Å²) < 4.78 is 0.973. The van der Waals surface area contributed by atoms with Gasteiger partial charge in [-0.1, -0.05) is 0 Å².